The second kappa shape index (κ2) is 8.76. The maximum atomic E-state index is 11.0. The van der Waals surface area contributed by atoms with Crippen molar-refractivity contribution in [1.29, 1.82) is 0 Å². The Morgan fingerprint density at radius 3 is 1.33 bits per heavy atom. The van der Waals surface area contributed by atoms with Crippen LogP contribution < -0.4 is 17.2 Å². The van der Waals surface area contributed by atoms with Crippen molar-refractivity contribution in [1.82, 2.24) is 0 Å². The first-order chi connectivity index (χ1) is 7.24. The maximum Gasteiger partial charge on any atom is 0.103 e. The van der Waals surface area contributed by atoms with E-state index in [1.807, 2.05) is 0 Å². The first kappa shape index (κ1) is 14.5. The van der Waals surface area contributed by atoms with E-state index in [9.17, 15) is 4.91 Å². The SMILES string of the molecule is NCCCC(CCCN)(CCCN)N=O. The Bertz CT molecular complexity index is 142. The van der Waals surface area contributed by atoms with Crippen LogP contribution in [-0.4, -0.2) is 25.2 Å². The molecule has 0 bridgehead atoms. The van der Waals surface area contributed by atoms with E-state index >= 15 is 0 Å². The Kier molecular flexibility index (Phi) is 8.46. The average Bonchev–Trinajstić information content (AvgIpc) is 2.29. The van der Waals surface area contributed by atoms with Crippen molar-refractivity contribution >= 4 is 0 Å². The molecule has 5 heteroatoms. The summed E-state index contributed by atoms with van der Waals surface area (Å²) >= 11 is 0. The zero-order chi connectivity index (χ0) is 11.6. The molecule has 0 saturated heterocycles. The smallest absolute Gasteiger partial charge is 0.103 e. The van der Waals surface area contributed by atoms with Crippen LogP contribution in [0.15, 0.2) is 5.18 Å². The van der Waals surface area contributed by atoms with Crippen molar-refractivity contribution in [3.8, 4) is 0 Å². The number of nitrogens with two attached hydrogens (primary N) is 3. The molecule has 0 aromatic rings. The van der Waals surface area contributed by atoms with E-state index in [-0.39, 0.29) is 0 Å². The third-order valence-corrected chi connectivity index (χ3v) is 2.73. The van der Waals surface area contributed by atoms with Gasteiger partial charge in [-0.2, -0.15) is 4.91 Å². The van der Waals surface area contributed by atoms with Crippen LogP contribution in [0.3, 0.4) is 0 Å². The number of hydrogen-bond donors (Lipinski definition) is 3. The van der Waals surface area contributed by atoms with Crippen LogP contribution in [0.4, 0.5) is 0 Å². The van der Waals surface area contributed by atoms with E-state index in [0.717, 1.165) is 38.5 Å². The molecule has 0 saturated carbocycles. The van der Waals surface area contributed by atoms with Gasteiger partial charge in [0.1, 0.15) is 5.54 Å². The highest BCUT2D eigenvalue weighted by atomic mass is 16.3. The third kappa shape index (κ3) is 5.81. The summed E-state index contributed by atoms with van der Waals surface area (Å²) in [6.07, 6.45) is 4.77. The number of nitroso groups, excluding NO2 is 1. The molecule has 90 valence electrons. The molecule has 0 fully saturated rings. The van der Waals surface area contributed by atoms with Gasteiger partial charge in [0.2, 0.25) is 0 Å². The first-order valence-corrected chi connectivity index (χ1v) is 5.69. The van der Waals surface area contributed by atoms with Gasteiger partial charge in [0, 0.05) is 0 Å². The van der Waals surface area contributed by atoms with Gasteiger partial charge in [0.25, 0.3) is 0 Å². The van der Waals surface area contributed by atoms with Gasteiger partial charge in [0.05, 0.1) is 0 Å². The standard InChI is InChI=1S/C10H24N4O/c11-7-1-4-10(14-15,5-2-8-12)6-3-9-13/h1-9,11-13H2. The lowest BCUT2D eigenvalue weighted by atomic mass is 9.84. The van der Waals surface area contributed by atoms with E-state index in [0.29, 0.717) is 19.6 Å². The molecule has 0 aliphatic carbocycles. The molecule has 0 aromatic carbocycles. The van der Waals surface area contributed by atoms with E-state index in [4.69, 9.17) is 17.2 Å². The normalized spacial score (nSPS) is 11.7. The molecule has 0 rings (SSSR count). The zero-order valence-corrected chi connectivity index (χ0v) is 9.45. The summed E-state index contributed by atoms with van der Waals surface area (Å²) in [5.74, 6) is 0. The van der Waals surface area contributed by atoms with Crippen molar-refractivity contribution in [2.75, 3.05) is 19.6 Å². The van der Waals surface area contributed by atoms with Crippen LogP contribution >= 0.6 is 0 Å². The summed E-state index contributed by atoms with van der Waals surface area (Å²) in [5.41, 5.74) is 15.9. The Morgan fingerprint density at radius 1 is 0.800 bits per heavy atom. The number of hydrogen-bond acceptors (Lipinski definition) is 5. The van der Waals surface area contributed by atoms with Crippen LogP contribution in [-0.2, 0) is 0 Å². The van der Waals surface area contributed by atoms with Crippen molar-refractivity contribution in [3.05, 3.63) is 4.91 Å². The molecule has 0 aromatic heterocycles. The number of rotatable bonds is 10. The second-order valence-corrected chi connectivity index (χ2v) is 3.99. The molecule has 0 aliphatic heterocycles. The summed E-state index contributed by atoms with van der Waals surface area (Å²) in [4.78, 5) is 11.0. The van der Waals surface area contributed by atoms with Crippen LogP contribution in [0.5, 0.6) is 0 Å². The van der Waals surface area contributed by atoms with Gasteiger partial charge in [-0.1, -0.05) is 5.18 Å². The minimum Gasteiger partial charge on any atom is -0.330 e. The highest BCUT2D eigenvalue weighted by molar-refractivity contribution is 4.87. The summed E-state index contributed by atoms with van der Waals surface area (Å²) in [6.45, 7) is 1.80. The molecule has 0 radical (unpaired) electrons. The quantitative estimate of drug-likeness (QED) is 0.467. The van der Waals surface area contributed by atoms with E-state index in [1.54, 1.807) is 0 Å². The lowest BCUT2D eigenvalue weighted by Crippen LogP contribution is -2.29. The zero-order valence-electron chi connectivity index (χ0n) is 9.45. The number of nitrogens with zero attached hydrogens (tertiary/aromatic N) is 1. The largest absolute Gasteiger partial charge is 0.330 e. The molecule has 5 nitrogen and oxygen atoms in total. The van der Waals surface area contributed by atoms with Crippen LogP contribution in [0.2, 0.25) is 0 Å². The lowest BCUT2D eigenvalue weighted by molar-refractivity contribution is 0.321. The molecule has 0 atom stereocenters. The van der Waals surface area contributed by atoms with Gasteiger partial charge in [0.15, 0.2) is 0 Å². The first-order valence-electron chi connectivity index (χ1n) is 5.69. The highest BCUT2D eigenvalue weighted by Gasteiger charge is 2.29. The molecule has 0 aliphatic rings. The van der Waals surface area contributed by atoms with Crippen LogP contribution in [0.1, 0.15) is 38.5 Å². The van der Waals surface area contributed by atoms with E-state index in [2.05, 4.69) is 5.18 Å². The van der Waals surface area contributed by atoms with Gasteiger partial charge in [-0.15, -0.1) is 0 Å². The van der Waals surface area contributed by atoms with Crippen molar-refractivity contribution in [2.24, 2.45) is 22.4 Å². The van der Waals surface area contributed by atoms with Gasteiger partial charge >= 0.3 is 0 Å². The molecule has 6 N–H and O–H groups in total. The molecular formula is C10H24N4O. The molecular weight excluding hydrogens is 192 g/mol. The summed E-state index contributed by atoms with van der Waals surface area (Å²) in [5, 5.41) is 3.32. The molecule has 0 unspecified atom stereocenters. The molecule has 0 spiro atoms. The predicted molar refractivity (Wildman–Crippen MR) is 63.4 cm³/mol. The van der Waals surface area contributed by atoms with E-state index < -0.39 is 5.54 Å². The third-order valence-electron chi connectivity index (χ3n) is 2.73. The minimum absolute atomic E-state index is 0.474. The maximum absolute atomic E-state index is 11.0. The van der Waals surface area contributed by atoms with Crippen LogP contribution in [0, 0.1) is 4.91 Å². The molecule has 0 heterocycles. The summed E-state index contributed by atoms with van der Waals surface area (Å²) in [6, 6.07) is 0. The lowest BCUT2D eigenvalue weighted by Gasteiger charge is -2.26. The fourth-order valence-corrected chi connectivity index (χ4v) is 1.81. The van der Waals surface area contributed by atoms with Gasteiger partial charge in [-0.05, 0) is 58.2 Å². The fourth-order valence-electron chi connectivity index (χ4n) is 1.81. The van der Waals surface area contributed by atoms with Gasteiger partial charge in [-0.25, -0.2) is 0 Å². The van der Waals surface area contributed by atoms with Crippen LogP contribution in [0.25, 0.3) is 0 Å². The Balaban J connectivity index is 4.23. The Morgan fingerprint density at radius 2 is 1.13 bits per heavy atom. The summed E-state index contributed by atoms with van der Waals surface area (Å²) in [7, 11) is 0. The van der Waals surface area contributed by atoms with Crippen molar-refractivity contribution in [2.45, 2.75) is 44.1 Å². The summed E-state index contributed by atoms with van der Waals surface area (Å²) < 4.78 is 0. The Hall–Kier alpha value is -0.520. The van der Waals surface area contributed by atoms with Gasteiger partial charge < -0.3 is 17.2 Å². The molecule has 15 heavy (non-hydrogen) atoms. The average molecular weight is 216 g/mol. The second-order valence-electron chi connectivity index (χ2n) is 3.99. The predicted octanol–water partition coefficient (Wildman–Crippen LogP) is 0.708. The fraction of sp³-hybridized carbons (Fsp3) is 1.00. The molecule has 0 amide bonds. The Labute approximate surface area is 91.7 Å². The van der Waals surface area contributed by atoms with Crippen molar-refractivity contribution < 1.29 is 0 Å². The van der Waals surface area contributed by atoms with Crippen molar-refractivity contribution in [3.63, 3.8) is 0 Å². The topological polar surface area (TPSA) is 107 Å². The highest BCUT2D eigenvalue weighted by Crippen LogP contribution is 2.29. The minimum atomic E-state index is -0.474. The monoisotopic (exact) mass is 216 g/mol. The van der Waals surface area contributed by atoms with Gasteiger partial charge in [-0.3, -0.25) is 0 Å². The van der Waals surface area contributed by atoms with E-state index in [1.165, 1.54) is 0 Å².